The maximum atomic E-state index is 8.77. The molecule has 1 rings (SSSR count). The van der Waals surface area contributed by atoms with Crippen molar-refractivity contribution < 1.29 is 9.84 Å². The third-order valence-electron chi connectivity index (χ3n) is 1.89. The van der Waals surface area contributed by atoms with Crippen molar-refractivity contribution in [3.05, 3.63) is 12.1 Å². The van der Waals surface area contributed by atoms with Crippen LogP contribution in [0.5, 0.6) is 5.88 Å². The van der Waals surface area contributed by atoms with Gasteiger partial charge in [0.15, 0.2) is 5.82 Å². The van der Waals surface area contributed by atoms with Crippen LogP contribution < -0.4 is 15.4 Å². The highest BCUT2D eigenvalue weighted by molar-refractivity contribution is 5.85. The first-order valence-corrected chi connectivity index (χ1v) is 4.31. The number of anilines is 2. The monoisotopic (exact) mass is 269 g/mol. The van der Waals surface area contributed by atoms with Crippen LogP contribution in [0.4, 0.5) is 11.5 Å². The number of aliphatic hydroxyl groups is 1. The zero-order chi connectivity index (χ0) is 10.6. The van der Waals surface area contributed by atoms with Crippen LogP contribution >= 0.6 is 24.8 Å². The number of nitrogens with zero attached hydrogens (tertiary/aromatic N) is 2. The summed E-state index contributed by atoms with van der Waals surface area (Å²) in [6, 6.07) is 3.43. The number of nitrogens with two attached hydrogens (primary N) is 1. The minimum atomic E-state index is 0. The van der Waals surface area contributed by atoms with E-state index in [0.717, 1.165) is 0 Å². The zero-order valence-corrected chi connectivity index (χ0v) is 10.8. The Morgan fingerprint density at radius 3 is 2.56 bits per heavy atom. The molecule has 0 unspecified atom stereocenters. The van der Waals surface area contributed by atoms with Crippen LogP contribution in [0.1, 0.15) is 0 Å². The largest absolute Gasteiger partial charge is 0.481 e. The molecule has 3 N–H and O–H groups in total. The lowest BCUT2D eigenvalue weighted by molar-refractivity contribution is 0.303. The molecule has 0 spiro atoms. The molecule has 1 heterocycles. The number of ether oxygens (including phenoxy) is 1. The van der Waals surface area contributed by atoms with Gasteiger partial charge >= 0.3 is 0 Å². The lowest BCUT2D eigenvalue weighted by Gasteiger charge is -2.18. The molecule has 7 heteroatoms. The van der Waals surface area contributed by atoms with E-state index in [4.69, 9.17) is 15.6 Å². The van der Waals surface area contributed by atoms with Crippen molar-refractivity contribution in [1.29, 1.82) is 0 Å². The highest BCUT2D eigenvalue weighted by Gasteiger charge is 2.07. The van der Waals surface area contributed by atoms with Gasteiger partial charge in [-0.05, 0) is 6.07 Å². The van der Waals surface area contributed by atoms with Crippen LogP contribution in [0.2, 0.25) is 0 Å². The Balaban J connectivity index is 0. The first-order valence-electron chi connectivity index (χ1n) is 4.31. The van der Waals surface area contributed by atoms with Gasteiger partial charge in [0.25, 0.3) is 0 Å². The molecule has 16 heavy (non-hydrogen) atoms. The number of hydrogen-bond acceptors (Lipinski definition) is 5. The normalized spacial score (nSPS) is 8.69. The smallest absolute Gasteiger partial charge is 0.215 e. The van der Waals surface area contributed by atoms with Crippen molar-refractivity contribution in [3.8, 4) is 5.88 Å². The van der Waals surface area contributed by atoms with Gasteiger partial charge in [0.2, 0.25) is 5.88 Å². The van der Waals surface area contributed by atoms with Crippen LogP contribution in [0.25, 0.3) is 0 Å². The first kappa shape index (κ1) is 17.5. The fourth-order valence-corrected chi connectivity index (χ4v) is 1.12. The fourth-order valence-electron chi connectivity index (χ4n) is 1.12. The van der Waals surface area contributed by atoms with E-state index in [2.05, 4.69) is 4.98 Å². The predicted octanol–water partition coefficient (Wildman–Crippen LogP) is 0.944. The second-order valence-corrected chi connectivity index (χ2v) is 2.91. The van der Waals surface area contributed by atoms with Gasteiger partial charge in [0.1, 0.15) is 0 Å². The average molecular weight is 270 g/mol. The highest BCUT2D eigenvalue weighted by Crippen LogP contribution is 2.22. The van der Waals surface area contributed by atoms with Gasteiger partial charge in [-0.15, -0.1) is 24.8 Å². The summed E-state index contributed by atoms with van der Waals surface area (Å²) in [5.74, 6) is 1.14. The maximum absolute atomic E-state index is 8.77. The lowest BCUT2D eigenvalue weighted by atomic mass is 10.3. The van der Waals surface area contributed by atoms with Crippen LogP contribution in [-0.2, 0) is 0 Å². The molecule has 0 fully saturated rings. The molecular weight excluding hydrogens is 253 g/mol. The third-order valence-corrected chi connectivity index (χ3v) is 1.89. The summed E-state index contributed by atoms with van der Waals surface area (Å²) in [5.41, 5.74) is 6.31. The summed E-state index contributed by atoms with van der Waals surface area (Å²) in [4.78, 5) is 5.95. The summed E-state index contributed by atoms with van der Waals surface area (Å²) in [6.07, 6.45) is 0. The van der Waals surface area contributed by atoms with E-state index in [-0.39, 0.29) is 31.4 Å². The predicted molar refractivity (Wildman–Crippen MR) is 70.1 cm³/mol. The molecule has 1 aromatic heterocycles. The van der Waals surface area contributed by atoms with Crippen molar-refractivity contribution in [2.75, 3.05) is 37.9 Å². The van der Waals surface area contributed by atoms with Crippen LogP contribution in [-0.4, -0.2) is 37.4 Å². The van der Waals surface area contributed by atoms with E-state index < -0.39 is 0 Å². The molecular formula is C9H17Cl2N3O2. The number of hydrogen-bond donors (Lipinski definition) is 2. The van der Waals surface area contributed by atoms with Crippen LogP contribution in [0.3, 0.4) is 0 Å². The summed E-state index contributed by atoms with van der Waals surface area (Å²) < 4.78 is 4.98. The summed E-state index contributed by atoms with van der Waals surface area (Å²) >= 11 is 0. The molecule has 0 aromatic carbocycles. The zero-order valence-electron chi connectivity index (χ0n) is 9.21. The van der Waals surface area contributed by atoms with Crippen molar-refractivity contribution in [1.82, 2.24) is 4.98 Å². The fraction of sp³-hybridized carbons (Fsp3) is 0.444. The van der Waals surface area contributed by atoms with E-state index in [0.29, 0.717) is 23.9 Å². The number of pyridine rings is 1. The molecule has 0 amide bonds. The van der Waals surface area contributed by atoms with Gasteiger partial charge in [-0.3, -0.25) is 0 Å². The molecule has 0 aliphatic heterocycles. The van der Waals surface area contributed by atoms with E-state index in [1.807, 2.05) is 7.05 Å². The first-order chi connectivity index (χ1) is 6.69. The molecule has 0 aliphatic carbocycles. The molecule has 94 valence electrons. The van der Waals surface area contributed by atoms with Crippen LogP contribution in [0.15, 0.2) is 12.1 Å². The Bertz CT molecular complexity index is 313. The van der Waals surface area contributed by atoms with Gasteiger partial charge in [-0.2, -0.15) is 4.98 Å². The third kappa shape index (κ3) is 4.30. The highest BCUT2D eigenvalue weighted by atomic mass is 35.5. The number of aromatic nitrogens is 1. The second-order valence-electron chi connectivity index (χ2n) is 2.91. The number of nitrogen functional groups attached to an aromatic ring is 1. The van der Waals surface area contributed by atoms with Crippen molar-refractivity contribution in [2.45, 2.75) is 0 Å². The molecule has 0 bridgehead atoms. The standard InChI is InChI=1S/C9H15N3O2.2ClH/c1-12(5-6-13)9-7(10)3-4-8(11-9)14-2;;/h3-4,13H,5-6,10H2,1-2H3;2*1H. The molecule has 0 atom stereocenters. The second kappa shape index (κ2) is 8.27. The van der Waals surface area contributed by atoms with Gasteiger partial charge in [0.05, 0.1) is 19.4 Å². The summed E-state index contributed by atoms with van der Waals surface area (Å²) in [6.45, 7) is 0.555. The van der Waals surface area contributed by atoms with Crippen molar-refractivity contribution in [2.24, 2.45) is 0 Å². The van der Waals surface area contributed by atoms with E-state index in [1.165, 1.54) is 0 Å². The summed E-state index contributed by atoms with van der Waals surface area (Å²) in [7, 11) is 3.36. The van der Waals surface area contributed by atoms with Gasteiger partial charge in [-0.25, -0.2) is 0 Å². The van der Waals surface area contributed by atoms with Crippen molar-refractivity contribution >= 4 is 36.3 Å². The van der Waals surface area contributed by atoms with E-state index in [1.54, 1.807) is 24.1 Å². The number of rotatable bonds is 4. The minimum absolute atomic E-state index is 0. The molecule has 1 aromatic rings. The Hall–Kier alpha value is -0.910. The van der Waals surface area contributed by atoms with Crippen molar-refractivity contribution in [3.63, 3.8) is 0 Å². The molecule has 0 saturated heterocycles. The molecule has 0 radical (unpaired) electrons. The number of halogens is 2. The van der Waals surface area contributed by atoms with Crippen LogP contribution in [0, 0.1) is 0 Å². The minimum Gasteiger partial charge on any atom is -0.481 e. The molecule has 0 aliphatic rings. The number of methoxy groups -OCH3 is 1. The lowest BCUT2D eigenvalue weighted by Crippen LogP contribution is -2.23. The quantitative estimate of drug-likeness (QED) is 0.852. The molecule has 5 nitrogen and oxygen atoms in total. The van der Waals surface area contributed by atoms with Gasteiger partial charge in [0, 0.05) is 19.7 Å². The number of likely N-dealkylation sites (N-methyl/N-ethyl adjacent to an activating group) is 1. The maximum Gasteiger partial charge on any atom is 0.215 e. The SMILES string of the molecule is COc1ccc(N)c(N(C)CCO)n1.Cl.Cl. The summed E-state index contributed by atoms with van der Waals surface area (Å²) in [5, 5.41) is 8.77. The van der Waals surface area contributed by atoms with Gasteiger partial charge < -0.3 is 20.5 Å². The molecule has 0 saturated carbocycles. The number of aliphatic hydroxyl groups excluding tert-OH is 1. The Kier molecular flexibility index (Phi) is 9.03. The topological polar surface area (TPSA) is 71.6 Å². The van der Waals surface area contributed by atoms with Gasteiger partial charge in [-0.1, -0.05) is 0 Å². The average Bonchev–Trinajstić information content (AvgIpc) is 2.19. The Labute approximate surface area is 107 Å². The van der Waals surface area contributed by atoms with E-state index in [9.17, 15) is 0 Å². The Morgan fingerprint density at radius 2 is 2.06 bits per heavy atom. The van der Waals surface area contributed by atoms with E-state index >= 15 is 0 Å². The Morgan fingerprint density at radius 1 is 1.44 bits per heavy atom.